The molecule has 1 saturated carbocycles. The summed E-state index contributed by atoms with van der Waals surface area (Å²) >= 11 is 0. The first-order chi connectivity index (χ1) is 15.6. The highest BCUT2D eigenvalue weighted by Crippen LogP contribution is 2.46. The largest absolute Gasteiger partial charge is 0.342 e. The Hall–Kier alpha value is -1.39. The molecule has 1 spiro atoms. The lowest BCUT2D eigenvalue weighted by Gasteiger charge is -2.41. The van der Waals surface area contributed by atoms with Crippen LogP contribution in [0.4, 0.5) is 0 Å². The number of nitrogens with zero attached hydrogens (tertiary/aromatic N) is 2. The van der Waals surface area contributed by atoms with Crippen LogP contribution in [0.15, 0.2) is 24.3 Å². The maximum Gasteiger partial charge on any atom is 0.223 e. The molecule has 4 heteroatoms. The number of hydrogen-bond donors (Lipinski definition) is 1. The number of hydrogen-bond acceptors (Lipinski definition) is 3. The Morgan fingerprint density at radius 1 is 1.09 bits per heavy atom. The molecule has 2 N–H and O–H groups in total. The summed E-state index contributed by atoms with van der Waals surface area (Å²) in [5, 5.41) is 0. The second-order valence-corrected chi connectivity index (χ2v) is 10.8. The van der Waals surface area contributed by atoms with Crippen molar-refractivity contribution in [3.05, 3.63) is 35.4 Å². The first-order valence-corrected chi connectivity index (χ1v) is 13.4. The average molecular weight is 440 g/mol. The third kappa shape index (κ3) is 5.39. The molecule has 1 aromatic carbocycles. The second kappa shape index (κ2) is 11.2. The highest BCUT2D eigenvalue weighted by atomic mass is 16.2. The lowest BCUT2D eigenvalue weighted by atomic mass is 9.74. The molecule has 0 radical (unpaired) electrons. The molecule has 1 aliphatic heterocycles. The molecule has 4 nitrogen and oxygen atoms in total. The first-order valence-electron chi connectivity index (χ1n) is 13.4. The van der Waals surface area contributed by atoms with Gasteiger partial charge in [0.15, 0.2) is 0 Å². The molecule has 2 fully saturated rings. The van der Waals surface area contributed by atoms with Gasteiger partial charge in [0.2, 0.25) is 5.91 Å². The summed E-state index contributed by atoms with van der Waals surface area (Å²) in [4.78, 5) is 17.8. The van der Waals surface area contributed by atoms with Gasteiger partial charge in [-0.25, -0.2) is 0 Å². The zero-order chi connectivity index (χ0) is 22.4. The third-order valence-electron chi connectivity index (χ3n) is 8.96. The molecule has 1 heterocycles. The van der Waals surface area contributed by atoms with Crippen LogP contribution in [-0.2, 0) is 16.6 Å². The van der Waals surface area contributed by atoms with Gasteiger partial charge in [0.25, 0.3) is 0 Å². The van der Waals surface area contributed by atoms with E-state index in [1.54, 1.807) is 11.1 Å². The number of carbonyl (C=O) groups excluding carboxylic acids is 1. The molecule has 178 valence electrons. The molecule has 1 saturated heterocycles. The number of likely N-dealkylation sites (tertiary alicyclic amines) is 1. The van der Waals surface area contributed by atoms with Crippen molar-refractivity contribution >= 4 is 5.91 Å². The van der Waals surface area contributed by atoms with Gasteiger partial charge in [0.1, 0.15) is 0 Å². The summed E-state index contributed by atoms with van der Waals surface area (Å²) in [6.45, 7) is 4.00. The van der Waals surface area contributed by atoms with Gasteiger partial charge in [0.05, 0.1) is 0 Å². The van der Waals surface area contributed by atoms with Crippen molar-refractivity contribution in [1.82, 2.24) is 9.80 Å². The lowest BCUT2D eigenvalue weighted by molar-refractivity contribution is -0.134. The molecule has 32 heavy (non-hydrogen) atoms. The van der Waals surface area contributed by atoms with E-state index >= 15 is 0 Å². The van der Waals surface area contributed by atoms with Crippen LogP contribution < -0.4 is 5.73 Å². The number of amides is 1. The Morgan fingerprint density at radius 3 is 2.69 bits per heavy atom. The van der Waals surface area contributed by atoms with E-state index in [4.69, 9.17) is 5.73 Å². The van der Waals surface area contributed by atoms with E-state index in [2.05, 4.69) is 41.1 Å². The summed E-state index contributed by atoms with van der Waals surface area (Å²) in [6.07, 6.45) is 15.7. The van der Waals surface area contributed by atoms with Crippen LogP contribution in [0.3, 0.4) is 0 Å². The van der Waals surface area contributed by atoms with E-state index < -0.39 is 0 Å². The fourth-order valence-electron chi connectivity index (χ4n) is 6.87. The number of carbonyl (C=O) groups is 1. The van der Waals surface area contributed by atoms with Crippen LogP contribution in [0.5, 0.6) is 0 Å². The van der Waals surface area contributed by atoms with Crippen molar-refractivity contribution in [3.8, 4) is 0 Å². The van der Waals surface area contributed by atoms with E-state index in [0.29, 0.717) is 29.7 Å². The number of rotatable bonds is 9. The van der Waals surface area contributed by atoms with Crippen LogP contribution in [0.25, 0.3) is 0 Å². The average Bonchev–Trinajstić information content (AvgIpc) is 3.19. The molecule has 0 bridgehead atoms. The maximum atomic E-state index is 13.1. The number of benzene rings is 1. The van der Waals surface area contributed by atoms with Crippen LogP contribution >= 0.6 is 0 Å². The van der Waals surface area contributed by atoms with Crippen molar-refractivity contribution < 1.29 is 4.79 Å². The normalized spacial score (nSPS) is 25.1. The summed E-state index contributed by atoms with van der Waals surface area (Å²) in [5.74, 6) is 1.04. The fourth-order valence-corrected chi connectivity index (χ4v) is 6.87. The molecular formula is C28H45N3O. The van der Waals surface area contributed by atoms with Gasteiger partial charge >= 0.3 is 0 Å². The first kappa shape index (κ1) is 23.8. The topological polar surface area (TPSA) is 49.6 Å². The van der Waals surface area contributed by atoms with Crippen molar-refractivity contribution in [1.29, 1.82) is 0 Å². The van der Waals surface area contributed by atoms with Gasteiger partial charge in [-0.1, -0.05) is 49.9 Å². The zero-order valence-electron chi connectivity index (χ0n) is 20.4. The Bertz CT molecular complexity index is 740. The van der Waals surface area contributed by atoms with Gasteiger partial charge in [-0.2, -0.15) is 0 Å². The minimum Gasteiger partial charge on any atom is -0.342 e. The molecular weight excluding hydrogens is 394 g/mol. The van der Waals surface area contributed by atoms with Crippen LogP contribution in [0, 0.1) is 5.92 Å². The molecule has 0 unspecified atom stereocenters. The number of unbranched alkanes of at least 4 members (excludes halogenated alkanes) is 2. The van der Waals surface area contributed by atoms with Crippen molar-refractivity contribution in [3.63, 3.8) is 0 Å². The number of fused-ring (bicyclic) bond motifs is 2. The van der Waals surface area contributed by atoms with Crippen LogP contribution in [0.2, 0.25) is 0 Å². The lowest BCUT2D eigenvalue weighted by Crippen LogP contribution is -2.46. The second-order valence-electron chi connectivity index (χ2n) is 10.8. The molecule has 2 aliphatic carbocycles. The number of piperidine rings is 1. The Morgan fingerprint density at radius 2 is 1.88 bits per heavy atom. The summed E-state index contributed by atoms with van der Waals surface area (Å²) in [7, 11) is 2.08. The standard InChI is InChI=1S/C28H45N3O/c1-30(26-13-7-5-11-24(26)10-3-2-8-19-29)27(32)15-20-31-21-17-28(18-22-31)16-14-23-9-4-6-12-25(23)28/h4,6,9,12,24,26H,2-3,5,7-8,10-11,13-22,29H2,1H3/t24-,26-/m0/s1. The molecule has 1 amide bonds. The zero-order valence-corrected chi connectivity index (χ0v) is 20.4. The van der Waals surface area contributed by atoms with E-state index in [-0.39, 0.29) is 0 Å². The molecule has 1 aromatic rings. The summed E-state index contributed by atoms with van der Waals surface area (Å²) < 4.78 is 0. The molecule has 0 aromatic heterocycles. The van der Waals surface area contributed by atoms with E-state index in [0.717, 1.165) is 32.6 Å². The molecule has 2 atom stereocenters. The van der Waals surface area contributed by atoms with E-state index in [9.17, 15) is 4.79 Å². The van der Waals surface area contributed by atoms with Crippen molar-refractivity contribution in [2.24, 2.45) is 11.7 Å². The van der Waals surface area contributed by atoms with Gasteiger partial charge in [-0.05, 0) is 93.5 Å². The van der Waals surface area contributed by atoms with Crippen LogP contribution in [0.1, 0.15) is 88.2 Å². The van der Waals surface area contributed by atoms with Gasteiger partial charge in [-0.3, -0.25) is 4.79 Å². The van der Waals surface area contributed by atoms with Gasteiger partial charge < -0.3 is 15.5 Å². The highest BCUT2D eigenvalue weighted by Gasteiger charge is 2.40. The minimum absolute atomic E-state index is 0.357. The molecule has 4 rings (SSSR count). The Labute approximate surface area is 195 Å². The summed E-state index contributed by atoms with van der Waals surface area (Å²) in [5.41, 5.74) is 9.25. The smallest absolute Gasteiger partial charge is 0.223 e. The fraction of sp³-hybridized carbons (Fsp3) is 0.750. The van der Waals surface area contributed by atoms with Crippen LogP contribution in [-0.4, -0.2) is 55.0 Å². The monoisotopic (exact) mass is 439 g/mol. The Balaban J connectivity index is 1.23. The maximum absolute atomic E-state index is 13.1. The van der Waals surface area contributed by atoms with E-state index in [1.165, 1.54) is 70.6 Å². The third-order valence-corrected chi connectivity index (χ3v) is 8.96. The number of nitrogens with two attached hydrogens (primary N) is 1. The summed E-state index contributed by atoms with van der Waals surface area (Å²) in [6, 6.07) is 9.54. The van der Waals surface area contributed by atoms with Crippen molar-refractivity contribution in [2.75, 3.05) is 33.2 Å². The number of aryl methyl sites for hydroxylation is 1. The SMILES string of the molecule is CN(C(=O)CCN1CCC2(CCc3ccccc32)CC1)[C@H]1CCCC[C@@H]1CCCCCN. The minimum atomic E-state index is 0.357. The van der Waals surface area contributed by atoms with Crippen molar-refractivity contribution in [2.45, 2.75) is 94.9 Å². The van der Waals surface area contributed by atoms with Gasteiger partial charge in [0, 0.05) is 26.1 Å². The van der Waals surface area contributed by atoms with Gasteiger partial charge in [-0.15, -0.1) is 0 Å². The Kier molecular flexibility index (Phi) is 8.28. The van der Waals surface area contributed by atoms with E-state index in [1.807, 2.05) is 0 Å². The molecule has 3 aliphatic rings. The highest BCUT2D eigenvalue weighted by molar-refractivity contribution is 5.76. The predicted molar refractivity (Wildman–Crippen MR) is 133 cm³/mol. The predicted octanol–water partition coefficient (Wildman–Crippen LogP) is 4.89. The quantitative estimate of drug-likeness (QED) is 0.557.